The third-order valence-corrected chi connectivity index (χ3v) is 2.93. The third-order valence-electron chi connectivity index (χ3n) is 2.93. The fraction of sp³-hybridized carbons (Fsp3) is 0.500. The van der Waals surface area contributed by atoms with Gasteiger partial charge in [-0.05, 0) is 46.5 Å². The second kappa shape index (κ2) is 6.40. The van der Waals surface area contributed by atoms with Gasteiger partial charge in [-0.25, -0.2) is 0 Å². The molecule has 1 rings (SSSR count). The van der Waals surface area contributed by atoms with E-state index in [0.717, 1.165) is 12.2 Å². The molecule has 0 aliphatic rings. The van der Waals surface area contributed by atoms with E-state index in [4.69, 9.17) is 4.74 Å². The lowest BCUT2D eigenvalue weighted by Crippen LogP contribution is -2.26. The molecule has 0 amide bonds. The molecular formula is C14H21NO2. The minimum Gasteiger partial charge on any atom is -0.494 e. The number of hydrogen-bond donors (Lipinski definition) is 0. The summed E-state index contributed by atoms with van der Waals surface area (Å²) in [5.41, 5.74) is 0.697. The molecule has 0 saturated carbocycles. The van der Waals surface area contributed by atoms with Gasteiger partial charge in [0.2, 0.25) is 0 Å². The van der Waals surface area contributed by atoms with Gasteiger partial charge in [0.15, 0.2) is 5.78 Å². The van der Waals surface area contributed by atoms with Crippen LogP contribution in [0.4, 0.5) is 0 Å². The van der Waals surface area contributed by atoms with Crippen LogP contribution in [-0.2, 0) is 0 Å². The second-order valence-electron chi connectivity index (χ2n) is 4.53. The van der Waals surface area contributed by atoms with E-state index in [0.29, 0.717) is 18.2 Å². The molecule has 3 nitrogen and oxygen atoms in total. The molecule has 17 heavy (non-hydrogen) atoms. The minimum absolute atomic E-state index is 0.0668. The lowest BCUT2D eigenvalue weighted by Gasteiger charge is -2.19. The largest absolute Gasteiger partial charge is 0.494 e. The van der Waals surface area contributed by atoms with Crippen LogP contribution < -0.4 is 4.74 Å². The quantitative estimate of drug-likeness (QED) is 0.710. The Morgan fingerprint density at radius 1 is 1.41 bits per heavy atom. The molecule has 0 fully saturated rings. The first-order valence-electron chi connectivity index (χ1n) is 5.91. The van der Waals surface area contributed by atoms with Gasteiger partial charge in [0.25, 0.3) is 0 Å². The zero-order valence-corrected chi connectivity index (χ0v) is 11.1. The number of rotatable bonds is 6. The molecule has 1 unspecified atom stereocenters. The fourth-order valence-corrected chi connectivity index (χ4v) is 1.41. The van der Waals surface area contributed by atoms with Crippen LogP contribution in [-0.4, -0.2) is 37.4 Å². The van der Waals surface area contributed by atoms with Crippen molar-refractivity contribution in [2.45, 2.75) is 26.3 Å². The SMILES string of the molecule is CC(=O)c1cccc(OCCC(C)N(C)C)c1. The summed E-state index contributed by atoms with van der Waals surface area (Å²) in [5, 5.41) is 0. The number of nitrogens with zero attached hydrogens (tertiary/aromatic N) is 1. The summed E-state index contributed by atoms with van der Waals surface area (Å²) >= 11 is 0. The number of Topliss-reactive ketones (excluding diaryl/α,β-unsaturated/α-hetero) is 1. The van der Waals surface area contributed by atoms with Crippen LogP contribution in [0.25, 0.3) is 0 Å². The van der Waals surface area contributed by atoms with E-state index < -0.39 is 0 Å². The van der Waals surface area contributed by atoms with Crippen molar-refractivity contribution in [1.29, 1.82) is 0 Å². The molecule has 0 heterocycles. The number of carbonyl (C=O) groups excluding carboxylic acids is 1. The van der Waals surface area contributed by atoms with Gasteiger partial charge >= 0.3 is 0 Å². The lowest BCUT2D eigenvalue weighted by molar-refractivity contribution is 0.101. The molecular weight excluding hydrogens is 214 g/mol. The Labute approximate surface area is 103 Å². The van der Waals surface area contributed by atoms with Gasteiger partial charge in [0, 0.05) is 11.6 Å². The van der Waals surface area contributed by atoms with E-state index in [1.807, 2.05) is 12.1 Å². The molecule has 0 aromatic heterocycles. The van der Waals surface area contributed by atoms with E-state index in [1.54, 1.807) is 19.1 Å². The summed E-state index contributed by atoms with van der Waals surface area (Å²) in [6.45, 7) is 4.39. The summed E-state index contributed by atoms with van der Waals surface area (Å²) in [4.78, 5) is 13.4. The maximum absolute atomic E-state index is 11.2. The summed E-state index contributed by atoms with van der Waals surface area (Å²) in [7, 11) is 4.11. The second-order valence-corrected chi connectivity index (χ2v) is 4.53. The predicted octanol–water partition coefficient (Wildman–Crippen LogP) is 2.61. The van der Waals surface area contributed by atoms with Crippen LogP contribution in [0.2, 0.25) is 0 Å². The minimum atomic E-state index is 0.0668. The van der Waals surface area contributed by atoms with Gasteiger partial charge in [-0.1, -0.05) is 12.1 Å². The monoisotopic (exact) mass is 235 g/mol. The van der Waals surface area contributed by atoms with Gasteiger partial charge in [-0.2, -0.15) is 0 Å². The Balaban J connectivity index is 2.47. The first-order valence-corrected chi connectivity index (χ1v) is 5.91. The summed E-state index contributed by atoms with van der Waals surface area (Å²) in [6.07, 6.45) is 0.970. The highest BCUT2D eigenvalue weighted by atomic mass is 16.5. The highest BCUT2D eigenvalue weighted by molar-refractivity contribution is 5.94. The molecule has 1 aromatic rings. The smallest absolute Gasteiger partial charge is 0.159 e. The first kappa shape index (κ1) is 13.7. The van der Waals surface area contributed by atoms with Crippen molar-refractivity contribution >= 4 is 5.78 Å². The molecule has 3 heteroatoms. The standard InChI is InChI=1S/C14H21NO2/c1-11(15(3)4)8-9-17-14-7-5-6-13(10-14)12(2)16/h5-7,10-11H,8-9H2,1-4H3. The van der Waals surface area contributed by atoms with Gasteiger partial charge in [0.05, 0.1) is 6.61 Å². The number of ether oxygens (including phenoxy) is 1. The first-order chi connectivity index (χ1) is 8.00. The maximum Gasteiger partial charge on any atom is 0.159 e. The number of carbonyl (C=O) groups is 1. The Morgan fingerprint density at radius 2 is 2.12 bits per heavy atom. The van der Waals surface area contributed by atoms with Crippen molar-refractivity contribution in [2.75, 3.05) is 20.7 Å². The van der Waals surface area contributed by atoms with E-state index in [-0.39, 0.29) is 5.78 Å². The van der Waals surface area contributed by atoms with Crippen LogP contribution in [0.15, 0.2) is 24.3 Å². The van der Waals surface area contributed by atoms with Crippen LogP contribution >= 0.6 is 0 Å². The topological polar surface area (TPSA) is 29.5 Å². The van der Waals surface area contributed by atoms with E-state index in [1.165, 1.54) is 0 Å². The maximum atomic E-state index is 11.2. The zero-order valence-electron chi connectivity index (χ0n) is 11.1. The number of benzene rings is 1. The third kappa shape index (κ3) is 4.57. The Morgan fingerprint density at radius 3 is 2.71 bits per heavy atom. The molecule has 94 valence electrons. The van der Waals surface area contributed by atoms with Crippen molar-refractivity contribution in [3.05, 3.63) is 29.8 Å². The van der Waals surface area contributed by atoms with Gasteiger partial charge in [0.1, 0.15) is 5.75 Å². The zero-order chi connectivity index (χ0) is 12.8. The van der Waals surface area contributed by atoms with Gasteiger partial charge in [-0.3, -0.25) is 4.79 Å². The van der Waals surface area contributed by atoms with Crippen LogP contribution in [0.5, 0.6) is 5.75 Å². The highest BCUT2D eigenvalue weighted by Gasteiger charge is 2.05. The van der Waals surface area contributed by atoms with Crippen LogP contribution in [0.3, 0.4) is 0 Å². The normalized spacial score (nSPS) is 12.5. The van der Waals surface area contributed by atoms with E-state index in [9.17, 15) is 4.79 Å². The molecule has 1 atom stereocenters. The number of hydrogen-bond acceptors (Lipinski definition) is 3. The predicted molar refractivity (Wildman–Crippen MR) is 69.7 cm³/mol. The van der Waals surface area contributed by atoms with Crippen LogP contribution in [0.1, 0.15) is 30.6 Å². The molecule has 0 bridgehead atoms. The molecule has 0 aliphatic heterocycles. The van der Waals surface area contributed by atoms with Crippen molar-refractivity contribution in [1.82, 2.24) is 4.90 Å². The average Bonchev–Trinajstić information content (AvgIpc) is 2.29. The molecule has 0 saturated heterocycles. The van der Waals surface area contributed by atoms with Gasteiger partial charge in [-0.15, -0.1) is 0 Å². The lowest BCUT2D eigenvalue weighted by atomic mass is 10.1. The highest BCUT2D eigenvalue weighted by Crippen LogP contribution is 2.14. The average molecular weight is 235 g/mol. The van der Waals surface area contributed by atoms with Crippen molar-refractivity contribution in [2.24, 2.45) is 0 Å². The fourth-order valence-electron chi connectivity index (χ4n) is 1.41. The van der Waals surface area contributed by atoms with Crippen molar-refractivity contribution < 1.29 is 9.53 Å². The summed E-state index contributed by atoms with van der Waals surface area (Å²) in [5.74, 6) is 0.834. The Bertz CT molecular complexity index is 374. The molecule has 0 spiro atoms. The molecule has 0 radical (unpaired) electrons. The van der Waals surface area contributed by atoms with Gasteiger partial charge < -0.3 is 9.64 Å². The molecule has 0 N–H and O–H groups in total. The summed E-state index contributed by atoms with van der Waals surface area (Å²) in [6, 6.07) is 7.82. The van der Waals surface area contributed by atoms with E-state index in [2.05, 4.69) is 25.9 Å². The summed E-state index contributed by atoms with van der Waals surface area (Å²) < 4.78 is 5.64. The van der Waals surface area contributed by atoms with Crippen molar-refractivity contribution in [3.8, 4) is 5.75 Å². The molecule has 1 aromatic carbocycles. The Kier molecular flexibility index (Phi) is 5.16. The van der Waals surface area contributed by atoms with Crippen molar-refractivity contribution in [3.63, 3.8) is 0 Å². The van der Waals surface area contributed by atoms with Crippen LogP contribution in [0, 0.1) is 0 Å². The number of ketones is 1. The Hall–Kier alpha value is -1.35. The molecule has 0 aliphatic carbocycles. The van der Waals surface area contributed by atoms with E-state index >= 15 is 0 Å².